The minimum absolute atomic E-state index is 0.0253. The molecule has 1 heterocycles. The van der Waals surface area contributed by atoms with E-state index in [2.05, 4.69) is 5.32 Å². The summed E-state index contributed by atoms with van der Waals surface area (Å²) in [6.07, 6.45) is 2.00. The molecule has 0 saturated heterocycles. The van der Waals surface area contributed by atoms with Crippen LogP contribution in [0.3, 0.4) is 0 Å². The summed E-state index contributed by atoms with van der Waals surface area (Å²) in [5.41, 5.74) is 8.75. The highest BCUT2D eigenvalue weighted by molar-refractivity contribution is 5.68. The van der Waals surface area contributed by atoms with Gasteiger partial charge in [0.1, 0.15) is 5.82 Å². The van der Waals surface area contributed by atoms with Gasteiger partial charge in [-0.25, -0.2) is 4.39 Å². The summed E-state index contributed by atoms with van der Waals surface area (Å²) in [7, 11) is 0. The molecule has 0 amide bonds. The van der Waals surface area contributed by atoms with Crippen molar-refractivity contribution in [2.24, 2.45) is 5.73 Å². The Morgan fingerprint density at radius 3 is 2.87 bits per heavy atom. The van der Waals surface area contributed by atoms with E-state index < -0.39 is 0 Å². The van der Waals surface area contributed by atoms with Crippen LogP contribution in [0.25, 0.3) is 5.57 Å². The van der Waals surface area contributed by atoms with Gasteiger partial charge in [-0.3, -0.25) is 0 Å². The molecule has 0 fully saturated rings. The third-order valence-electron chi connectivity index (χ3n) is 2.52. The van der Waals surface area contributed by atoms with E-state index in [1.54, 1.807) is 6.07 Å². The van der Waals surface area contributed by atoms with Crippen LogP contribution >= 0.6 is 0 Å². The van der Waals surface area contributed by atoms with Crippen molar-refractivity contribution in [2.75, 3.05) is 13.1 Å². The molecule has 1 atom stereocenters. The molecule has 0 saturated carbocycles. The minimum atomic E-state index is -0.190. The SMILES string of the molecule is Cc1cc(F)cc(C2=CC(N)CNC2)c1. The fourth-order valence-electron chi connectivity index (χ4n) is 1.87. The number of rotatable bonds is 1. The van der Waals surface area contributed by atoms with E-state index >= 15 is 0 Å². The standard InChI is InChI=1S/C12H15FN2/c1-8-2-9(4-11(13)3-8)10-5-12(14)7-15-6-10/h2-5,12,15H,6-7,14H2,1H3. The summed E-state index contributed by atoms with van der Waals surface area (Å²) < 4.78 is 13.2. The lowest BCUT2D eigenvalue weighted by atomic mass is 9.99. The molecule has 15 heavy (non-hydrogen) atoms. The molecule has 1 aliphatic heterocycles. The van der Waals surface area contributed by atoms with Crippen molar-refractivity contribution in [3.8, 4) is 0 Å². The number of aryl methyl sites for hydroxylation is 1. The van der Waals surface area contributed by atoms with Gasteiger partial charge in [0, 0.05) is 19.1 Å². The van der Waals surface area contributed by atoms with Gasteiger partial charge < -0.3 is 11.1 Å². The molecule has 80 valence electrons. The number of hydrogen-bond acceptors (Lipinski definition) is 2. The van der Waals surface area contributed by atoms with Gasteiger partial charge in [-0.15, -0.1) is 0 Å². The molecule has 1 aromatic rings. The normalized spacial score (nSPS) is 21.3. The van der Waals surface area contributed by atoms with E-state index in [1.807, 2.05) is 19.1 Å². The first kappa shape index (κ1) is 10.3. The Morgan fingerprint density at radius 1 is 1.40 bits per heavy atom. The lowest BCUT2D eigenvalue weighted by Gasteiger charge is -2.19. The van der Waals surface area contributed by atoms with Crippen molar-refractivity contribution in [3.63, 3.8) is 0 Å². The third-order valence-corrected chi connectivity index (χ3v) is 2.52. The number of hydrogen-bond donors (Lipinski definition) is 2. The van der Waals surface area contributed by atoms with Crippen LogP contribution in [0, 0.1) is 12.7 Å². The van der Waals surface area contributed by atoms with E-state index in [4.69, 9.17) is 5.73 Å². The topological polar surface area (TPSA) is 38.0 Å². The predicted octanol–water partition coefficient (Wildman–Crippen LogP) is 1.45. The Kier molecular flexibility index (Phi) is 2.84. The Hall–Kier alpha value is -1.19. The second-order valence-electron chi connectivity index (χ2n) is 4.00. The quantitative estimate of drug-likeness (QED) is 0.730. The average Bonchev–Trinajstić information content (AvgIpc) is 2.16. The van der Waals surface area contributed by atoms with Crippen molar-refractivity contribution < 1.29 is 4.39 Å². The Balaban J connectivity index is 2.36. The zero-order valence-corrected chi connectivity index (χ0v) is 8.76. The van der Waals surface area contributed by atoms with Gasteiger partial charge in [-0.1, -0.05) is 12.1 Å². The minimum Gasteiger partial charge on any atom is -0.323 e. The number of nitrogens with one attached hydrogen (secondary N) is 1. The largest absolute Gasteiger partial charge is 0.323 e. The van der Waals surface area contributed by atoms with Crippen LogP contribution in [0.5, 0.6) is 0 Å². The van der Waals surface area contributed by atoms with Crippen molar-refractivity contribution in [2.45, 2.75) is 13.0 Å². The molecule has 2 rings (SSSR count). The molecule has 1 unspecified atom stereocenters. The van der Waals surface area contributed by atoms with Crippen molar-refractivity contribution in [1.82, 2.24) is 5.32 Å². The van der Waals surface area contributed by atoms with Gasteiger partial charge in [-0.05, 0) is 35.8 Å². The maximum atomic E-state index is 13.2. The average molecular weight is 206 g/mol. The maximum Gasteiger partial charge on any atom is 0.124 e. The van der Waals surface area contributed by atoms with E-state index in [0.717, 1.165) is 29.8 Å². The van der Waals surface area contributed by atoms with Gasteiger partial charge in [0.2, 0.25) is 0 Å². The maximum absolute atomic E-state index is 13.2. The monoisotopic (exact) mass is 206 g/mol. The first-order valence-corrected chi connectivity index (χ1v) is 5.10. The molecule has 0 aliphatic carbocycles. The highest BCUT2D eigenvalue weighted by Crippen LogP contribution is 2.19. The summed E-state index contributed by atoms with van der Waals surface area (Å²) in [6, 6.07) is 5.09. The molecular weight excluding hydrogens is 191 g/mol. The van der Waals surface area contributed by atoms with E-state index in [0.29, 0.717) is 0 Å². The highest BCUT2D eigenvalue weighted by atomic mass is 19.1. The fourth-order valence-corrected chi connectivity index (χ4v) is 1.87. The first-order valence-electron chi connectivity index (χ1n) is 5.10. The molecule has 3 N–H and O–H groups in total. The zero-order valence-electron chi connectivity index (χ0n) is 8.76. The van der Waals surface area contributed by atoms with Crippen molar-refractivity contribution in [1.29, 1.82) is 0 Å². The lowest BCUT2D eigenvalue weighted by Crippen LogP contribution is -2.37. The summed E-state index contributed by atoms with van der Waals surface area (Å²) in [5.74, 6) is -0.190. The molecule has 1 aromatic carbocycles. The fraction of sp³-hybridized carbons (Fsp3) is 0.333. The van der Waals surface area contributed by atoms with Crippen LogP contribution in [-0.2, 0) is 0 Å². The Morgan fingerprint density at radius 2 is 2.20 bits per heavy atom. The first-order chi connectivity index (χ1) is 7.15. The summed E-state index contributed by atoms with van der Waals surface area (Å²) in [6.45, 7) is 3.44. The molecular formula is C12H15FN2. The summed E-state index contributed by atoms with van der Waals surface area (Å²) >= 11 is 0. The van der Waals surface area contributed by atoms with Crippen molar-refractivity contribution >= 4 is 5.57 Å². The third kappa shape index (κ3) is 2.43. The second-order valence-corrected chi connectivity index (χ2v) is 4.00. The van der Waals surface area contributed by atoms with Gasteiger partial charge in [0.25, 0.3) is 0 Å². The van der Waals surface area contributed by atoms with Crippen LogP contribution in [0.1, 0.15) is 11.1 Å². The molecule has 2 nitrogen and oxygen atoms in total. The Bertz CT molecular complexity index is 378. The molecule has 0 aromatic heterocycles. The van der Waals surface area contributed by atoms with E-state index in [-0.39, 0.29) is 11.9 Å². The predicted molar refractivity (Wildman–Crippen MR) is 60.0 cm³/mol. The molecule has 0 bridgehead atoms. The molecule has 3 heteroatoms. The number of nitrogens with two attached hydrogens (primary N) is 1. The van der Waals surface area contributed by atoms with Crippen LogP contribution in [0.15, 0.2) is 24.3 Å². The Labute approximate surface area is 89.0 Å². The van der Waals surface area contributed by atoms with Crippen LogP contribution < -0.4 is 11.1 Å². The number of benzene rings is 1. The molecule has 0 radical (unpaired) electrons. The van der Waals surface area contributed by atoms with Gasteiger partial charge in [-0.2, -0.15) is 0 Å². The summed E-state index contributed by atoms with van der Waals surface area (Å²) in [5, 5.41) is 3.21. The van der Waals surface area contributed by atoms with Gasteiger partial charge >= 0.3 is 0 Å². The van der Waals surface area contributed by atoms with Crippen LogP contribution in [0.2, 0.25) is 0 Å². The number of halogens is 1. The molecule has 1 aliphatic rings. The van der Waals surface area contributed by atoms with E-state index in [1.165, 1.54) is 6.07 Å². The van der Waals surface area contributed by atoms with Crippen molar-refractivity contribution in [3.05, 3.63) is 41.2 Å². The van der Waals surface area contributed by atoms with Crippen LogP contribution in [0.4, 0.5) is 4.39 Å². The summed E-state index contributed by atoms with van der Waals surface area (Å²) in [4.78, 5) is 0. The zero-order chi connectivity index (χ0) is 10.8. The molecule has 0 spiro atoms. The van der Waals surface area contributed by atoms with Gasteiger partial charge in [0.15, 0.2) is 0 Å². The van der Waals surface area contributed by atoms with Crippen LogP contribution in [-0.4, -0.2) is 19.1 Å². The van der Waals surface area contributed by atoms with E-state index in [9.17, 15) is 4.39 Å². The lowest BCUT2D eigenvalue weighted by molar-refractivity contribution is 0.625. The highest BCUT2D eigenvalue weighted by Gasteiger charge is 2.11. The second kappa shape index (κ2) is 4.13. The smallest absolute Gasteiger partial charge is 0.124 e. The van der Waals surface area contributed by atoms with Gasteiger partial charge in [0.05, 0.1) is 0 Å².